The summed E-state index contributed by atoms with van der Waals surface area (Å²) in [6, 6.07) is 7.61. The Morgan fingerprint density at radius 3 is 2.69 bits per heavy atom. The van der Waals surface area contributed by atoms with Gasteiger partial charge in [0, 0.05) is 29.9 Å². The Bertz CT molecular complexity index is 757. The van der Waals surface area contributed by atoms with Crippen molar-refractivity contribution in [2.24, 2.45) is 0 Å². The predicted octanol–water partition coefficient (Wildman–Crippen LogP) is 3.54. The first kappa shape index (κ1) is 20.2. The average molecular weight is 357 g/mol. The minimum absolute atomic E-state index is 0.0860. The summed E-state index contributed by atoms with van der Waals surface area (Å²) in [4.78, 5) is 12.5. The number of aryl methyl sites for hydroxylation is 3. The topological polar surface area (TPSA) is 67.2 Å². The molecule has 1 heterocycles. The van der Waals surface area contributed by atoms with Crippen LogP contribution in [-0.2, 0) is 19.5 Å². The third-order valence-corrected chi connectivity index (χ3v) is 4.61. The summed E-state index contributed by atoms with van der Waals surface area (Å²) in [5.74, 6) is -0.0860. The number of carbonyl (C=O) groups excluding carboxylic acids is 1. The van der Waals surface area contributed by atoms with E-state index in [1.54, 1.807) is 13.8 Å². The molecule has 26 heavy (non-hydrogen) atoms. The summed E-state index contributed by atoms with van der Waals surface area (Å²) in [5, 5.41) is 17.4. The Morgan fingerprint density at radius 2 is 2.04 bits per heavy atom. The highest BCUT2D eigenvalue weighted by atomic mass is 16.3. The highest BCUT2D eigenvalue weighted by Gasteiger charge is 2.15. The van der Waals surface area contributed by atoms with Gasteiger partial charge in [0.25, 0.3) is 5.91 Å². The molecule has 2 aromatic rings. The molecule has 5 nitrogen and oxygen atoms in total. The van der Waals surface area contributed by atoms with Gasteiger partial charge in [-0.25, -0.2) is 0 Å². The van der Waals surface area contributed by atoms with Crippen molar-refractivity contribution < 1.29 is 9.90 Å². The molecule has 2 N–H and O–H groups in total. The van der Waals surface area contributed by atoms with Crippen LogP contribution in [0.4, 0.5) is 0 Å². The highest BCUT2D eigenvalue weighted by Crippen LogP contribution is 2.16. The van der Waals surface area contributed by atoms with E-state index in [9.17, 15) is 9.90 Å². The molecule has 5 heteroatoms. The predicted molar refractivity (Wildman–Crippen MR) is 104 cm³/mol. The fourth-order valence-electron chi connectivity index (χ4n) is 3.01. The van der Waals surface area contributed by atoms with Gasteiger partial charge in [0.05, 0.1) is 11.3 Å². The lowest BCUT2D eigenvalue weighted by Gasteiger charge is -2.16. The molecular formula is C21H31N3O2. The number of aromatic nitrogens is 2. The van der Waals surface area contributed by atoms with E-state index in [0.717, 1.165) is 41.9 Å². The second-order valence-electron chi connectivity index (χ2n) is 7.57. The van der Waals surface area contributed by atoms with Crippen LogP contribution in [0.3, 0.4) is 0 Å². The lowest BCUT2D eigenvalue weighted by atomic mass is 9.98. The van der Waals surface area contributed by atoms with Crippen molar-refractivity contribution in [3.63, 3.8) is 0 Å². The van der Waals surface area contributed by atoms with Crippen LogP contribution in [0.2, 0.25) is 0 Å². The van der Waals surface area contributed by atoms with Gasteiger partial charge in [-0.15, -0.1) is 0 Å². The van der Waals surface area contributed by atoms with E-state index in [0.29, 0.717) is 18.5 Å². The van der Waals surface area contributed by atoms with Crippen molar-refractivity contribution in [3.8, 4) is 0 Å². The van der Waals surface area contributed by atoms with Gasteiger partial charge >= 0.3 is 0 Å². The molecule has 0 saturated carbocycles. The average Bonchev–Trinajstić information content (AvgIpc) is 2.84. The van der Waals surface area contributed by atoms with Gasteiger partial charge < -0.3 is 10.4 Å². The monoisotopic (exact) mass is 357 g/mol. The fraction of sp³-hybridized carbons (Fsp3) is 0.524. The second-order valence-corrected chi connectivity index (χ2v) is 7.57. The number of amides is 1. The largest absolute Gasteiger partial charge is 0.390 e. The fourth-order valence-corrected chi connectivity index (χ4v) is 3.01. The van der Waals surface area contributed by atoms with E-state index in [-0.39, 0.29) is 5.91 Å². The quantitative estimate of drug-likeness (QED) is 0.759. The lowest BCUT2D eigenvalue weighted by molar-refractivity contribution is 0.0714. The Morgan fingerprint density at radius 1 is 1.31 bits per heavy atom. The van der Waals surface area contributed by atoms with Crippen LogP contribution in [0.25, 0.3) is 0 Å². The van der Waals surface area contributed by atoms with Crippen LogP contribution in [0.15, 0.2) is 24.3 Å². The summed E-state index contributed by atoms with van der Waals surface area (Å²) in [6.07, 6.45) is 2.44. The van der Waals surface area contributed by atoms with E-state index in [4.69, 9.17) is 0 Å². The molecule has 0 radical (unpaired) electrons. The Hall–Kier alpha value is -2.14. The molecule has 1 aromatic carbocycles. The number of hydrogen-bond acceptors (Lipinski definition) is 3. The molecule has 1 amide bonds. The first-order valence-corrected chi connectivity index (χ1v) is 9.33. The summed E-state index contributed by atoms with van der Waals surface area (Å²) in [7, 11) is 0. The molecule has 142 valence electrons. The molecule has 0 saturated heterocycles. The minimum atomic E-state index is -0.702. The standard InChI is InChI=1S/C21H31N3O2/c1-6-12-24-16(3)19(15(2)23-24)14-22-20(25)18-9-7-8-17(13-18)10-11-21(4,5)26/h7-9,13,26H,6,10-12,14H2,1-5H3,(H,22,25). The van der Waals surface area contributed by atoms with Crippen LogP contribution < -0.4 is 5.32 Å². The number of aliphatic hydroxyl groups is 1. The molecular weight excluding hydrogens is 326 g/mol. The van der Waals surface area contributed by atoms with E-state index in [2.05, 4.69) is 24.3 Å². The van der Waals surface area contributed by atoms with Crippen LogP contribution in [-0.4, -0.2) is 26.4 Å². The summed E-state index contributed by atoms with van der Waals surface area (Å²) < 4.78 is 2.01. The van der Waals surface area contributed by atoms with Crippen molar-refractivity contribution in [1.29, 1.82) is 0 Å². The number of rotatable bonds is 8. The van der Waals surface area contributed by atoms with Gasteiger partial charge in [-0.3, -0.25) is 9.48 Å². The Labute approximate surface area is 156 Å². The second kappa shape index (κ2) is 8.49. The van der Waals surface area contributed by atoms with Gasteiger partial charge in [0.1, 0.15) is 0 Å². The smallest absolute Gasteiger partial charge is 0.251 e. The zero-order valence-corrected chi connectivity index (χ0v) is 16.6. The first-order valence-electron chi connectivity index (χ1n) is 9.33. The first-order chi connectivity index (χ1) is 12.2. The van der Waals surface area contributed by atoms with Gasteiger partial charge in [-0.1, -0.05) is 19.1 Å². The summed E-state index contributed by atoms with van der Waals surface area (Å²) in [6.45, 7) is 11.1. The Kier molecular flexibility index (Phi) is 6.59. The van der Waals surface area contributed by atoms with E-state index in [1.165, 1.54) is 0 Å². The van der Waals surface area contributed by atoms with Gasteiger partial charge in [-0.2, -0.15) is 5.10 Å². The molecule has 0 aliphatic rings. The van der Waals surface area contributed by atoms with Crippen molar-refractivity contribution in [2.45, 2.75) is 72.6 Å². The van der Waals surface area contributed by atoms with Gasteiger partial charge in [0.2, 0.25) is 0 Å². The Balaban J connectivity index is 2.02. The maximum absolute atomic E-state index is 12.5. The van der Waals surface area contributed by atoms with E-state index < -0.39 is 5.60 Å². The van der Waals surface area contributed by atoms with Crippen molar-refractivity contribution in [3.05, 3.63) is 52.3 Å². The van der Waals surface area contributed by atoms with Crippen LogP contribution >= 0.6 is 0 Å². The normalized spacial score (nSPS) is 11.6. The van der Waals surface area contributed by atoms with Crippen LogP contribution in [0.5, 0.6) is 0 Å². The number of hydrogen-bond donors (Lipinski definition) is 2. The number of carbonyl (C=O) groups is 1. The molecule has 1 aromatic heterocycles. The number of nitrogens with zero attached hydrogens (tertiary/aromatic N) is 2. The number of nitrogens with one attached hydrogen (secondary N) is 1. The molecule has 0 spiro atoms. The molecule has 0 aliphatic carbocycles. The van der Waals surface area contributed by atoms with Crippen LogP contribution in [0, 0.1) is 13.8 Å². The minimum Gasteiger partial charge on any atom is -0.390 e. The van der Waals surface area contributed by atoms with Crippen molar-refractivity contribution in [1.82, 2.24) is 15.1 Å². The van der Waals surface area contributed by atoms with Gasteiger partial charge in [-0.05, 0) is 64.7 Å². The lowest BCUT2D eigenvalue weighted by Crippen LogP contribution is -2.23. The molecule has 0 unspecified atom stereocenters. The molecule has 2 rings (SSSR count). The molecule has 0 fully saturated rings. The zero-order chi connectivity index (χ0) is 19.3. The van der Waals surface area contributed by atoms with E-state index in [1.807, 2.05) is 35.9 Å². The maximum Gasteiger partial charge on any atom is 0.251 e. The molecule has 0 bridgehead atoms. The highest BCUT2D eigenvalue weighted by molar-refractivity contribution is 5.94. The van der Waals surface area contributed by atoms with Gasteiger partial charge in [0.15, 0.2) is 0 Å². The molecule has 0 atom stereocenters. The third-order valence-electron chi connectivity index (χ3n) is 4.61. The maximum atomic E-state index is 12.5. The van der Waals surface area contributed by atoms with Crippen LogP contribution in [0.1, 0.15) is 66.5 Å². The van der Waals surface area contributed by atoms with Crippen molar-refractivity contribution >= 4 is 5.91 Å². The van der Waals surface area contributed by atoms with E-state index >= 15 is 0 Å². The summed E-state index contributed by atoms with van der Waals surface area (Å²) in [5.41, 5.74) is 4.17. The zero-order valence-electron chi connectivity index (χ0n) is 16.6. The number of benzene rings is 1. The third kappa shape index (κ3) is 5.43. The summed E-state index contributed by atoms with van der Waals surface area (Å²) >= 11 is 0. The van der Waals surface area contributed by atoms with Crippen molar-refractivity contribution in [2.75, 3.05) is 0 Å². The SMILES string of the molecule is CCCn1nc(C)c(CNC(=O)c2cccc(CCC(C)(C)O)c2)c1C. The molecule has 0 aliphatic heterocycles.